The normalized spacial score (nSPS) is 11.8. The van der Waals surface area contributed by atoms with E-state index < -0.39 is 17.9 Å². The number of tetrazole rings is 1. The molecule has 162 valence electrons. The van der Waals surface area contributed by atoms with E-state index in [1.165, 1.54) is 29.2 Å². The highest BCUT2D eigenvalue weighted by Crippen LogP contribution is 2.14. The van der Waals surface area contributed by atoms with Gasteiger partial charge in [0.1, 0.15) is 24.2 Å². The number of benzene rings is 1. The minimum absolute atomic E-state index is 0.158. The Hall–Kier alpha value is -3.77. The molecule has 0 bridgehead atoms. The highest BCUT2D eigenvalue weighted by Gasteiger charge is 2.13. The van der Waals surface area contributed by atoms with Crippen molar-refractivity contribution < 1.29 is 19.1 Å². The lowest BCUT2D eigenvalue weighted by molar-refractivity contribution is -0.138. The lowest BCUT2D eigenvalue weighted by atomic mass is 10.2. The molecular formula is C19H21FN8O3. The molecule has 0 aliphatic rings. The van der Waals surface area contributed by atoms with Gasteiger partial charge >= 0.3 is 5.97 Å². The molecule has 5 N–H and O–H groups in total. The first-order valence-electron chi connectivity index (χ1n) is 9.38. The van der Waals surface area contributed by atoms with Crippen molar-refractivity contribution in [3.05, 3.63) is 59.7 Å². The number of nitrogens with one attached hydrogen (secondary N) is 2. The highest BCUT2D eigenvalue weighted by atomic mass is 19.1. The van der Waals surface area contributed by atoms with Crippen LogP contribution in [0.25, 0.3) is 11.4 Å². The second-order valence-corrected chi connectivity index (χ2v) is 6.62. The number of carbonyl (C=O) groups excluding carboxylic acids is 1. The third kappa shape index (κ3) is 6.35. The Morgan fingerprint density at radius 1 is 1.26 bits per heavy atom. The molecule has 1 amide bonds. The smallest absolute Gasteiger partial charge is 0.320 e. The molecule has 1 unspecified atom stereocenters. The van der Waals surface area contributed by atoms with E-state index in [0.717, 1.165) is 0 Å². The van der Waals surface area contributed by atoms with Gasteiger partial charge in [0.05, 0.1) is 0 Å². The zero-order valence-electron chi connectivity index (χ0n) is 16.4. The first-order valence-corrected chi connectivity index (χ1v) is 9.38. The highest BCUT2D eigenvalue weighted by molar-refractivity contribution is 5.93. The first kappa shape index (κ1) is 21.9. The van der Waals surface area contributed by atoms with Crippen molar-refractivity contribution in [1.29, 1.82) is 0 Å². The summed E-state index contributed by atoms with van der Waals surface area (Å²) in [5, 5.41) is 26.5. The number of pyridine rings is 1. The number of rotatable bonds is 10. The van der Waals surface area contributed by atoms with Gasteiger partial charge in [-0.15, -0.1) is 15.0 Å². The van der Waals surface area contributed by atoms with Crippen LogP contribution in [0.3, 0.4) is 0 Å². The monoisotopic (exact) mass is 428 g/mol. The van der Waals surface area contributed by atoms with E-state index in [-0.39, 0.29) is 31.1 Å². The van der Waals surface area contributed by atoms with Crippen molar-refractivity contribution in [2.75, 3.05) is 6.54 Å². The van der Waals surface area contributed by atoms with Gasteiger partial charge in [-0.05, 0) is 48.0 Å². The minimum Gasteiger partial charge on any atom is -0.480 e. The molecule has 31 heavy (non-hydrogen) atoms. The van der Waals surface area contributed by atoms with Crippen LogP contribution in [-0.2, 0) is 18.0 Å². The Morgan fingerprint density at radius 2 is 2.10 bits per heavy atom. The van der Waals surface area contributed by atoms with Crippen molar-refractivity contribution >= 4 is 11.9 Å². The van der Waals surface area contributed by atoms with Gasteiger partial charge in [-0.1, -0.05) is 12.1 Å². The Labute approximate surface area is 176 Å². The topological polar surface area (TPSA) is 161 Å². The van der Waals surface area contributed by atoms with Crippen molar-refractivity contribution in [3.8, 4) is 11.4 Å². The number of carbonyl (C=O) groups is 2. The van der Waals surface area contributed by atoms with Crippen molar-refractivity contribution in [2.45, 2.75) is 25.7 Å². The van der Waals surface area contributed by atoms with Crippen LogP contribution < -0.4 is 16.4 Å². The molecule has 3 rings (SSSR count). The number of halogens is 1. The molecule has 0 spiro atoms. The van der Waals surface area contributed by atoms with E-state index in [1.54, 1.807) is 18.2 Å². The van der Waals surface area contributed by atoms with Crippen LogP contribution in [-0.4, -0.2) is 54.8 Å². The number of hydrogen-bond acceptors (Lipinski definition) is 8. The molecule has 0 aliphatic carbocycles. The average molecular weight is 428 g/mol. The van der Waals surface area contributed by atoms with Crippen LogP contribution in [0.5, 0.6) is 0 Å². The summed E-state index contributed by atoms with van der Waals surface area (Å²) in [5.41, 5.74) is 6.77. The van der Waals surface area contributed by atoms with Crippen molar-refractivity contribution in [3.63, 3.8) is 0 Å². The second kappa shape index (κ2) is 10.3. The predicted octanol–water partition coefficient (Wildman–Crippen LogP) is 0.153. The molecule has 12 heteroatoms. The second-order valence-electron chi connectivity index (χ2n) is 6.62. The molecule has 11 nitrogen and oxygen atoms in total. The summed E-state index contributed by atoms with van der Waals surface area (Å²) in [6.07, 6.45) is 1.72. The SMILES string of the molecule is NC(CCNCn1nnc(-c2ccnc(C(=O)NCc3cccc(F)c3)c2)n1)C(=O)O. The van der Waals surface area contributed by atoms with Gasteiger partial charge in [-0.3, -0.25) is 19.9 Å². The summed E-state index contributed by atoms with van der Waals surface area (Å²) < 4.78 is 13.2. The average Bonchev–Trinajstić information content (AvgIpc) is 3.24. The first-order chi connectivity index (χ1) is 14.9. The quantitative estimate of drug-likeness (QED) is 0.330. The third-order valence-corrected chi connectivity index (χ3v) is 4.25. The van der Waals surface area contributed by atoms with E-state index >= 15 is 0 Å². The zero-order chi connectivity index (χ0) is 22.2. The van der Waals surface area contributed by atoms with Crippen LogP contribution >= 0.6 is 0 Å². The standard InChI is InChI=1S/C19H21FN8O3/c20-14-3-1-2-12(8-14)10-24-18(29)16-9-13(4-7-23-16)17-25-27-28(26-17)11-22-6-5-15(21)19(30)31/h1-4,7-9,15,22H,5-6,10-11,21H2,(H,24,29)(H,30,31). The molecule has 0 aliphatic heterocycles. The number of aromatic nitrogens is 5. The number of nitrogens with zero attached hydrogens (tertiary/aromatic N) is 5. The third-order valence-electron chi connectivity index (χ3n) is 4.25. The van der Waals surface area contributed by atoms with Gasteiger partial charge in [0.15, 0.2) is 0 Å². The number of carboxylic acids is 1. The summed E-state index contributed by atoms with van der Waals surface area (Å²) in [4.78, 5) is 28.4. The molecule has 0 saturated carbocycles. The largest absolute Gasteiger partial charge is 0.480 e. The Balaban J connectivity index is 1.56. The fraction of sp³-hybridized carbons (Fsp3) is 0.263. The maximum Gasteiger partial charge on any atom is 0.320 e. The molecule has 3 aromatic rings. The summed E-state index contributed by atoms with van der Waals surface area (Å²) in [6.45, 7) is 0.745. The van der Waals surface area contributed by atoms with Crippen LogP contribution in [0.4, 0.5) is 4.39 Å². The maximum atomic E-state index is 13.2. The Kier molecular flexibility index (Phi) is 7.30. The van der Waals surface area contributed by atoms with E-state index in [1.807, 2.05) is 0 Å². The minimum atomic E-state index is -1.06. The van der Waals surface area contributed by atoms with E-state index in [2.05, 4.69) is 31.0 Å². The molecule has 1 atom stereocenters. The van der Waals surface area contributed by atoms with Crippen LogP contribution in [0.1, 0.15) is 22.5 Å². The number of nitrogens with two attached hydrogens (primary N) is 1. The van der Waals surface area contributed by atoms with Gasteiger partial charge in [0, 0.05) is 18.3 Å². The Bertz CT molecular complexity index is 1060. The van der Waals surface area contributed by atoms with Crippen LogP contribution in [0, 0.1) is 5.82 Å². The summed E-state index contributed by atoms with van der Waals surface area (Å²) in [5.74, 6) is -1.56. The molecule has 0 saturated heterocycles. The van der Waals surface area contributed by atoms with Crippen molar-refractivity contribution in [2.24, 2.45) is 5.73 Å². The molecule has 0 radical (unpaired) electrons. The van der Waals surface area contributed by atoms with Crippen LogP contribution in [0.2, 0.25) is 0 Å². The lowest BCUT2D eigenvalue weighted by Gasteiger charge is -2.06. The Morgan fingerprint density at radius 3 is 2.87 bits per heavy atom. The zero-order valence-corrected chi connectivity index (χ0v) is 16.4. The number of amides is 1. The summed E-state index contributed by atoms with van der Waals surface area (Å²) >= 11 is 0. The van der Waals surface area contributed by atoms with E-state index in [0.29, 0.717) is 23.5 Å². The lowest BCUT2D eigenvalue weighted by Crippen LogP contribution is -2.34. The number of hydrogen-bond donors (Lipinski definition) is 4. The van der Waals surface area contributed by atoms with Gasteiger partial charge in [-0.2, -0.15) is 0 Å². The predicted molar refractivity (Wildman–Crippen MR) is 107 cm³/mol. The number of carboxylic acid groups (broad SMARTS) is 1. The van der Waals surface area contributed by atoms with E-state index in [9.17, 15) is 14.0 Å². The summed E-state index contributed by atoms with van der Waals surface area (Å²) in [7, 11) is 0. The van der Waals surface area contributed by atoms with Gasteiger partial charge in [0.25, 0.3) is 5.91 Å². The van der Waals surface area contributed by atoms with Gasteiger partial charge in [0.2, 0.25) is 5.82 Å². The molecule has 2 aromatic heterocycles. The summed E-state index contributed by atoms with van der Waals surface area (Å²) in [6, 6.07) is 8.19. The fourth-order valence-corrected chi connectivity index (χ4v) is 2.60. The molecular weight excluding hydrogens is 407 g/mol. The number of aliphatic carboxylic acids is 1. The molecule has 2 heterocycles. The van der Waals surface area contributed by atoms with Gasteiger partial charge in [-0.25, -0.2) is 4.39 Å². The van der Waals surface area contributed by atoms with Crippen LogP contribution in [0.15, 0.2) is 42.6 Å². The van der Waals surface area contributed by atoms with Gasteiger partial charge < -0.3 is 16.2 Å². The van der Waals surface area contributed by atoms with E-state index in [4.69, 9.17) is 10.8 Å². The molecule has 0 fully saturated rings. The fourth-order valence-electron chi connectivity index (χ4n) is 2.60. The molecule has 1 aromatic carbocycles. The maximum absolute atomic E-state index is 13.2. The van der Waals surface area contributed by atoms with Crippen molar-refractivity contribution in [1.82, 2.24) is 35.8 Å².